The zero-order valence-electron chi connectivity index (χ0n) is 12.0. The molecule has 0 fully saturated rings. The zero-order valence-corrected chi connectivity index (χ0v) is 12.7. The number of carbonyl (C=O) groups is 1. The number of aryl methyl sites for hydroxylation is 2. The minimum Gasteiger partial charge on any atom is -0.289 e. The van der Waals surface area contributed by atoms with Crippen molar-refractivity contribution in [1.29, 1.82) is 0 Å². The van der Waals surface area contributed by atoms with Crippen molar-refractivity contribution in [2.45, 2.75) is 13.8 Å². The van der Waals surface area contributed by atoms with E-state index in [1.165, 1.54) is 0 Å². The third-order valence-corrected chi connectivity index (χ3v) is 4.30. The van der Waals surface area contributed by atoms with Gasteiger partial charge in [0.15, 0.2) is 5.78 Å². The molecule has 104 valence electrons. The number of fused-ring (bicyclic) bond motifs is 1. The summed E-state index contributed by atoms with van der Waals surface area (Å²) in [6.07, 6.45) is 0. The summed E-state index contributed by atoms with van der Waals surface area (Å²) in [6.45, 7) is 3.87. The van der Waals surface area contributed by atoms with Gasteiger partial charge in [-0.25, -0.2) is 0 Å². The molecular weight excluding hydrogens is 280 g/mol. The first-order valence-electron chi connectivity index (χ1n) is 6.88. The number of rotatable bonds is 2. The fourth-order valence-corrected chi connectivity index (χ4v) is 2.85. The van der Waals surface area contributed by atoms with Gasteiger partial charge in [-0.3, -0.25) is 4.79 Å². The van der Waals surface area contributed by atoms with Crippen molar-refractivity contribution >= 4 is 28.2 Å². The van der Waals surface area contributed by atoms with Gasteiger partial charge in [-0.05, 0) is 41.8 Å². The van der Waals surface area contributed by atoms with Crippen LogP contribution in [0, 0.1) is 13.8 Å². The molecule has 21 heavy (non-hydrogen) atoms. The average molecular weight is 295 g/mol. The van der Waals surface area contributed by atoms with Crippen LogP contribution in [0.4, 0.5) is 0 Å². The van der Waals surface area contributed by atoms with Crippen molar-refractivity contribution in [3.05, 3.63) is 81.9 Å². The van der Waals surface area contributed by atoms with E-state index in [0.717, 1.165) is 27.5 Å². The van der Waals surface area contributed by atoms with Gasteiger partial charge in [-0.1, -0.05) is 60.1 Å². The van der Waals surface area contributed by atoms with Gasteiger partial charge in [0.05, 0.1) is 5.02 Å². The summed E-state index contributed by atoms with van der Waals surface area (Å²) in [4.78, 5) is 13.0. The number of ketones is 1. The molecule has 0 heterocycles. The minimum absolute atomic E-state index is 0.0157. The van der Waals surface area contributed by atoms with Gasteiger partial charge in [-0.15, -0.1) is 0 Å². The number of benzene rings is 3. The maximum Gasteiger partial charge on any atom is 0.195 e. The molecule has 0 radical (unpaired) electrons. The summed E-state index contributed by atoms with van der Waals surface area (Å²) in [5.74, 6) is -0.0157. The highest BCUT2D eigenvalue weighted by Crippen LogP contribution is 2.28. The molecule has 0 unspecified atom stereocenters. The van der Waals surface area contributed by atoms with Crippen LogP contribution in [0.5, 0.6) is 0 Å². The predicted molar refractivity (Wildman–Crippen MR) is 88.3 cm³/mol. The first kappa shape index (κ1) is 13.8. The van der Waals surface area contributed by atoms with Crippen LogP contribution in [0.15, 0.2) is 54.6 Å². The van der Waals surface area contributed by atoms with Crippen molar-refractivity contribution < 1.29 is 4.79 Å². The quantitative estimate of drug-likeness (QED) is 0.583. The third kappa shape index (κ3) is 2.34. The van der Waals surface area contributed by atoms with E-state index >= 15 is 0 Å². The van der Waals surface area contributed by atoms with Crippen LogP contribution >= 0.6 is 11.6 Å². The van der Waals surface area contributed by atoms with Gasteiger partial charge in [0.1, 0.15) is 0 Å². The Morgan fingerprint density at radius 3 is 2.43 bits per heavy atom. The molecule has 3 aromatic rings. The van der Waals surface area contributed by atoms with Crippen LogP contribution in [-0.2, 0) is 0 Å². The molecule has 0 amide bonds. The molecule has 0 aliphatic heterocycles. The molecule has 1 nitrogen and oxygen atoms in total. The summed E-state index contributed by atoms with van der Waals surface area (Å²) in [6, 6.07) is 17.5. The SMILES string of the molecule is Cc1cccc(C(=O)c2c(C)ccc3ccccc23)c1Cl. The largest absolute Gasteiger partial charge is 0.289 e. The van der Waals surface area contributed by atoms with Crippen molar-refractivity contribution in [3.8, 4) is 0 Å². The monoisotopic (exact) mass is 294 g/mol. The Hall–Kier alpha value is -2.12. The first-order valence-corrected chi connectivity index (χ1v) is 7.25. The number of halogens is 1. The molecule has 0 bridgehead atoms. The van der Waals surface area contributed by atoms with Crippen LogP contribution in [0.3, 0.4) is 0 Å². The topological polar surface area (TPSA) is 17.1 Å². The normalized spacial score (nSPS) is 10.8. The Morgan fingerprint density at radius 1 is 0.857 bits per heavy atom. The fraction of sp³-hybridized carbons (Fsp3) is 0.105. The minimum atomic E-state index is -0.0157. The van der Waals surface area contributed by atoms with Crippen LogP contribution < -0.4 is 0 Å². The molecule has 0 spiro atoms. The molecule has 0 saturated heterocycles. The molecule has 0 atom stereocenters. The lowest BCUT2D eigenvalue weighted by atomic mass is 9.93. The Morgan fingerprint density at radius 2 is 1.62 bits per heavy atom. The fourth-order valence-electron chi connectivity index (χ4n) is 2.64. The number of hydrogen-bond acceptors (Lipinski definition) is 1. The number of carbonyl (C=O) groups excluding carboxylic acids is 1. The Kier molecular flexibility index (Phi) is 3.52. The van der Waals surface area contributed by atoms with Gasteiger partial charge < -0.3 is 0 Å². The van der Waals surface area contributed by atoms with E-state index in [-0.39, 0.29) is 5.78 Å². The van der Waals surface area contributed by atoms with Crippen molar-refractivity contribution in [2.75, 3.05) is 0 Å². The van der Waals surface area contributed by atoms with Gasteiger partial charge in [0.2, 0.25) is 0 Å². The van der Waals surface area contributed by atoms with E-state index in [4.69, 9.17) is 11.6 Å². The standard InChI is InChI=1S/C19H15ClO/c1-12-10-11-14-7-3-4-8-15(14)17(12)19(21)16-9-5-6-13(2)18(16)20/h3-11H,1-2H3. The molecule has 2 heteroatoms. The summed E-state index contributed by atoms with van der Waals surface area (Å²) in [5, 5.41) is 2.57. The molecule has 0 aliphatic rings. The van der Waals surface area contributed by atoms with Crippen molar-refractivity contribution in [1.82, 2.24) is 0 Å². The second-order valence-corrected chi connectivity index (χ2v) is 5.62. The second-order valence-electron chi connectivity index (χ2n) is 5.24. The lowest BCUT2D eigenvalue weighted by molar-refractivity contribution is 0.104. The highest BCUT2D eigenvalue weighted by molar-refractivity contribution is 6.36. The van der Waals surface area contributed by atoms with Crippen molar-refractivity contribution in [2.24, 2.45) is 0 Å². The Labute approximate surface area is 129 Å². The second kappa shape index (κ2) is 5.34. The third-order valence-electron chi connectivity index (χ3n) is 3.80. The molecule has 0 aromatic heterocycles. The van der Waals surface area contributed by atoms with Gasteiger partial charge in [-0.2, -0.15) is 0 Å². The van der Waals surface area contributed by atoms with Crippen LogP contribution in [0.1, 0.15) is 27.0 Å². The van der Waals surface area contributed by atoms with E-state index in [1.54, 1.807) is 6.07 Å². The molecule has 0 aliphatic carbocycles. The van der Waals surface area contributed by atoms with E-state index in [2.05, 4.69) is 0 Å². The van der Waals surface area contributed by atoms with Crippen molar-refractivity contribution in [3.63, 3.8) is 0 Å². The van der Waals surface area contributed by atoms with Gasteiger partial charge in [0.25, 0.3) is 0 Å². The summed E-state index contributed by atoms with van der Waals surface area (Å²) < 4.78 is 0. The van der Waals surface area contributed by atoms with E-state index < -0.39 is 0 Å². The molecule has 3 rings (SSSR count). The molecule has 3 aromatic carbocycles. The van der Waals surface area contributed by atoms with Gasteiger partial charge >= 0.3 is 0 Å². The Balaban J connectivity index is 2.27. The average Bonchev–Trinajstić information content (AvgIpc) is 2.49. The molecule has 0 saturated carbocycles. The zero-order chi connectivity index (χ0) is 15.0. The van der Waals surface area contributed by atoms with Crippen LogP contribution in [0.25, 0.3) is 10.8 Å². The predicted octanol–water partition coefficient (Wildman–Crippen LogP) is 5.34. The smallest absolute Gasteiger partial charge is 0.195 e. The van der Waals surface area contributed by atoms with Crippen LogP contribution in [-0.4, -0.2) is 5.78 Å². The summed E-state index contributed by atoms with van der Waals surface area (Å²) in [5.41, 5.74) is 3.19. The van der Waals surface area contributed by atoms with Gasteiger partial charge in [0, 0.05) is 11.1 Å². The lowest BCUT2D eigenvalue weighted by Gasteiger charge is -2.11. The maximum atomic E-state index is 13.0. The van der Waals surface area contributed by atoms with E-state index in [1.807, 2.05) is 62.4 Å². The van der Waals surface area contributed by atoms with Crippen LogP contribution in [0.2, 0.25) is 5.02 Å². The number of hydrogen-bond donors (Lipinski definition) is 0. The molecule has 0 N–H and O–H groups in total. The highest BCUT2D eigenvalue weighted by atomic mass is 35.5. The first-order chi connectivity index (χ1) is 10.1. The summed E-state index contributed by atoms with van der Waals surface area (Å²) >= 11 is 6.32. The lowest BCUT2D eigenvalue weighted by Crippen LogP contribution is -2.06. The molecular formula is C19H15ClO. The summed E-state index contributed by atoms with van der Waals surface area (Å²) in [7, 11) is 0. The Bertz CT molecular complexity index is 849. The van der Waals surface area contributed by atoms with E-state index in [9.17, 15) is 4.79 Å². The highest BCUT2D eigenvalue weighted by Gasteiger charge is 2.18. The van der Waals surface area contributed by atoms with E-state index in [0.29, 0.717) is 10.6 Å². The maximum absolute atomic E-state index is 13.0.